The molecule has 96 valence electrons. The Morgan fingerprint density at radius 2 is 1.68 bits per heavy atom. The third kappa shape index (κ3) is 3.12. The number of rotatable bonds is 3. The average Bonchev–Trinajstić information content (AvgIpc) is 2.39. The van der Waals surface area contributed by atoms with E-state index in [0.29, 0.717) is 10.5 Å². The van der Waals surface area contributed by atoms with Gasteiger partial charge in [-0.05, 0) is 13.0 Å². The normalized spacial score (nSPS) is 11.3. The van der Waals surface area contributed by atoms with Crippen LogP contribution in [0.2, 0.25) is 0 Å². The predicted molar refractivity (Wildman–Crippen MR) is 69.7 cm³/mol. The lowest BCUT2D eigenvalue weighted by atomic mass is 10.2. The van der Waals surface area contributed by atoms with E-state index >= 15 is 0 Å². The maximum absolute atomic E-state index is 11.8. The molecule has 6 nitrogen and oxygen atoms in total. The summed E-state index contributed by atoms with van der Waals surface area (Å²) in [4.78, 5) is 10.5. The lowest BCUT2D eigenvalue weighted by molar-refractivity contribution is -0.435. The smallest absolute Gasteiger partial charge is 0.271 e. The summed E-state index contributed by atoms with van der Waals surface area (Å²) in [7, 11) is 0. The molecule has 0 aromatic heterocycles. The van der Waals surface area contributed by atoms with Crippen LogP contribution in [0.25, 0.3) is 0 Å². The highest BCUT2D eigenvalue weighted by Gasteiger charge is 2.08. The number of non-ortho nitro benzene ring substituents is 1. The van der Waals surface area contributed by atoms with Crippen LogP contribution in [-0.4, -0.2) is 9.78 Å². The van der Waals surface area contributed by atoms with E-state index in [1.54, 1.807) is 24.3 Å². The second kappa shape index (κ2) is 5.26. The molecule has 0 aliphatic heterocycles. The zero-order valence-corrected chi connectivity index (χ0v) is 10.2. The molecule has 0 amide bonds. The van der Waals surface area contributed by atoms with Crippen LogP contribution in [0, 0.1) is 22.2 Å². The van der Waals surface area contributed by atoms with E-state index in [1.807, 2.05) is 6.92 Å². The first-order valence-corrected chi connectivity index (χ1v) is 5.56. The van der Waals surface area contributed by atoms with Crippen LogP contribution in [0.3, 0.4) is 0 Å². The van der Waals surface area contributed by atoms with Crippen LogP contribution >= 0.6 is 0 Å². The van der Waals surface area contributed by atoms with Crippen molar-refractivity contribution in [2.24, 2.45) is 5.11 Å². The fraction of sp³-hybridized carbons (Fsp3) is 0.0769. The van der Waals surface area contributed by atoms with Crippen molar-refractivity contribution in [2.45, 2.75) is 6.92 Å². The predicted octanol–water partition coefficient (Wildman–Crippen LogP) is 3.83. The summed E-state index contributed by atoms with van der Waals surface area (Å²) in [5.41, 5.74) is 1.55. The molecule has 0 N–H and O–H groups in total. The first-order valence-electron chi connectivity index (χ1n) is 5.56. The zero-order valence-electron chi connectivity index (χ0n) is 10.2. The number of benzene rings is 2. The van der Waals surface area contributed by atoms with Crippen molar-refractivity contribution in [2.75, 3.05) is 0 Å². The number of azo groups is 1. The molecule has 0 atom stereocenters. The van der Waals surface area contributed by atoms with Crippen molar-refractivity contribution in [3.63, 3.8) is 0 Å². The molecule has 2 aromatic carbocycles. The third-order valence-electron chi connectivity index (χ3n) is 2.50. The Labute approximate surface area is 109 Å². The van der Waals surface area contributed by atoms with Crippen molar-refractivity contribution < 1.29 is 9.78 Å². The summed E-state index contributed by atoms with van der Waals surface area (Å²) in [6, 6.07) is 12.5. The Kier molecular flexibility index (Phi) is 3.51. The highest BCUT2D eigenvalue weighted by molar-refractivity contribution is 5.46. The molecule has 0 fully saturated rings. The first-order chi connectivity index (χ1) is 9.06. The van der Waals surface area contributed by atoms with E-state index in [9.17, 15) is 15.3 Å². The van der Waals surface area contributed by atoms with Gasteiger partial charge in [-0.15, -0.1) is 0 Å². The van der Waals surface area contributed by atoms with Crippen LogP contribution in [0.5, 0.6) is 0 Å². The van der Waals surface area contributed by atoms with Gasteiger partial charge in [-0.1, -0.05) is 28.6 Å². The van der Waals surface area contributed by atoms with Gasteiger partial charge in [0.25, 0.3) is 5.69 Å². The van der Waals surface area contributed by atoms with Gasteiger partial charge in [-0.25, -0.2) is 0 Å². The summed E-state index contributed by atoms with van der Waals surface area (Å²) < 4.78 is 0. The Hall–Kier alpha value is -2.76. The summed E-state index contributed by atoms with van der Waals surface area (Å²) in [5, 5.41) is 26.2. The molecule has 2 rings (SSSR count). The number of nitro groups is 1. The van der Waals surface area contributed by atoms with Gasteiger partial charge in [0.1, 0.15) is 5.69 Å². The molecule has 0 aliphatic carbocycles. The van der Waals surface area contributed by atoms with Gasteiger partial charge in [-0.2, -0.15) is 0 Å². The summed E-state index contributed by atoms with van der Waals surface area (Å²) in [5.74, 6) is 0. The minimum absolute atomic E-state index is 0.0986. The SMILES string of the molecule is Cc1ccc([N+]([O-])=Nc2cccc([N+](=O)[O-])c2)cc1. The average molecular weight is 257 g/mol. The molecule has 0 saturated carbocycles. The molecular formula is C13H11N3O3. The standard InChI is InChI=1S/C13H11N3O3/c1-10-5-7-12(8-6-10)15(17)14-11-3-2-4-13(9-11)16(18)19/h2-9H,1H3. The van der Waals surface area contributed by atoms with Crippen LogP contribution in [0.1, 0.15) is 5.56 Å². The Balaban J connectivity index is 2.32. The molecule has 2 aromatic rings. The molecule has 0 spiro atoms. The molecule has 0 saturated heterocycles. The molecule has 0 heterocycles. The number of hydrogen-bond acceptors (Lipinski definition) is 4. The van der Waals surface area contributed by atoms with Crippen LogP contribution in [0.15, 0.2) is 53.6 Å². The molecule has 0 aliphatic rings. The quantitative estimate of drug-likeness (QED) is 0.362. The minimum atomic E-state index is -0.528. The van der Waals surface area contributed by atoms with E-state index in [1.165, 1.54) is 24.3 Å². The highest BCUT2D eigenvalue weighted by atomic mass is 16.6. The first kappa shape index (κ1) is 12.7. The van der Waals surface area contributed by atoms with Crippen molar-refractivity contribution in [3.8, 4) is 0 Å². The van der Waals surface area contributed by atoms with Crippen molar-refractivity contribution in [3.05, 3.63) is 69.4 Å². The van der Waals surface area contributed by atoms with Crippen LogP contribution in [-0.2, 0) is 0 Å². The lowest BCUT2D eigenvalue weighted by Gasteiger charge is -2.00. The topological polar surface area (TPSA) is 81.6 Å². The largest absolute Gasteiger partial charge is 0.594 e. The number of nitrogens with zero attached hydrogens (tertiary/aromatic N) is 3. The van der Waals surface area contributed by atoms with Crippen LogP contribution < -0.4 is 0 Å². The van der Waals surface area contributed by atoms with Gasteiger partial charge in [0, 0.05) is 29.4 Å². The van der Waals surface area contributed by atoms with E-state index in [-0.39, 0.29) is 11.4 Å². The molecule has 6 heteroatoms. The van der Waals surface area contributed by atoms with Crippen molar-refractivity contribution in [1.29, 1.82) is 0 Å². The molecule has 0 radical (unpaired) electrons. The summed E-state index contributed by atoms with van der Waals surface area (Å²) in [6.07, 6.45) is 0. The van der Waals surface area contributed by atoms with Gasteiger partial charge in [0.2, 0.25) is 5.69 Å². The Morgan fingerprint density at radius 3 is 2.32 bits per heavy atom. The second-order valence-corrected chi connectivity index (χ2v) is 3.99. The Morgan fingerprint density at radius 1 is 1.00 bits per heavy atom. The monoisotopic (exact) mass is 257 g/mol. The van der Waals surface area contributed by atoms with E-state index in [0.717, 1.165) is 5.56 Å². The summed E-state index contributed by atoms with van der Waals surface area (Å²) >= 11 is 0. The molecule has 19 heavy (non-hydrogen) atoms. The number of nitro benzene ring substituents is 1. The maximum atomic E-state index is 11.8. The zero-order chi connectivity index (χ0) is 13.8. The van der Waals surface area contributed by atoms with Crippen molar-refractivity contribution >= 4 is 17.1 Å². The van der Waals surface area contributed by atoms with Gasteiger partial charge < -0.3 is 5.21 Å². The fourth-order valence-corrected chi connectivity index (χ4v) is 1.50. The molecule has 0 bridgehead atoms. The summed E-state index contributed by atoms with van der Waals surface area (Å²) in [6.45, 7) is 1.91. The van der Waals surface area contributed by atoms with Crippen LogP contribution in [0.4, 0.5) is 17.1 Å². The maximum Gasteiger partial charge on any atom is 0.271 e. The van der Waals surface area contributed by atoms with Gasteiger partial charge in [-0.3, -0.25) is 10.1 Å². The van der Waals surface area contributed by atoms with E-state index < -0.39 is 4.92 Å². The van der Waals surface area contributed by atoms with E-state index in [4.69, 9.17) is 0 Å². The van der Waals surface area contributed by atoms with Gasteiger partial charge in [0.05, 0.1) is 4.92 Å². The van der Waals surface area contributed by atoms with E-state index in [2.05, 4.69) is 5.11 Å². The van der Waals surface area contributed by atoms with Gasteiger partial charge >= 0.3 is 0 Å². The highest BCUT2D eigenvalue weighted by Crippen LogP contribution is 2.22. The molecular weight excluding hydrogens is 246 g/mol. The minimum Gasteiger partial charge on any atom is -0.594 e. The second-order valence-electron chi connectivity index (χ2n) is 3.99. The van der Waals surface area contributed by atoms with Crippen molar-refractivity contribution in [1.82, 2.24) is 0 Å². The molecule has 0 unspecified atom stereocenters. The number of hydrogen-bond donors (Lipinski definition) is 0. The third-order valence-corrected chi connectivity index (χ3v) is 2.50. The van der Waals surface area contributed by atoms with Gasteiger partial charge in [0.15, 0.2) is 0 Å². The number of aryl methyl sites for hydroxylation is 1. The fourth-order valence-electron chi connectivity index (χ4n) is 1.50. The Bertz CT molecular complexity index is 636. The lowest BCUT2D eigenvalue weighted by Crippen LogP contribution is -1.91.